The van der Waals surface area contributed by atoms with Crippen LogP contribution in [0.5, 0.6) is 0 Å². The van der Waals surface area contributed by atoms with Crippen LogP contribution in [0.25, 0.3) is 0 Å². The Bertz CT molecular complexity index is 284. The van der Waals surface area contributed by atoms with Gasteiger partial charge in [-0.2, -0.15) is 0 Å². The molecule has 0 heterocycles. The lowest BCUT2D eigenvalue weighted by atomic mass is 10.1. The SMILES string of the molecule is CCCC[C@H](N)C(=O)N(C)CC(=O)NC(C)(C)C. The predicted octanol–water partition coefficient (Wildman–Crippen LogP) is 0.877. The Morgan fingerprint density at radius 2 is 1.89 bits per heavy atom. The molecule has 0 saturated heterocycles. The molecule has 0 aliphatic heterocycles. The molecule has 0 rings (SSSR count). The lowest BCUT2D eigenvalue weighted by molar-refractivity contribution is -0.136. The number of hydrogen-bond donors (Lipinski definition) is 2. The minimum absolute atomic E-state index is 0.0515. The van der Waals surface area contributed by atoms with Crippen LogP contribution in [0.2, 0.25) is 0 Å². The van der Waals surface area contributed by atoms with Crippen molar-refractivity contribution in [3.63, 3.8) is 0 Å². The predicted molar refractivity (Wildman–Crippen MR) is 73.0 cm³/mol. The summed E-state index contributed by atoms with van der Waals surface area (Å²) in [7, 11) is 1.61. The van der Waals surface area contributed by atoms with E-state index in [2.05, 4.69) is 12.2 Å². The van der Waals surface area contributed by atoms with Gasteiger partial charge in [-0.05, 0) is 27.2 Å². The highest BCUT2D eigenvalue weighted by Gasteiger charge is 2.21. The first-order chi connectivity index (χ1) is 8.17. The zero-order valence-corrected chi connectivity index (χ0v) is 12.2. The molecule has 0 unspecified atom stereocenters. The van der Waals surface area contributed by atoms with E-state index >= 15 is 0 Å². The highest BCUT2D eigenvalue weighted by atomic mass is 16.2. The molecule has 5 heteroatoms. The van der Waals surface area contributed by atoms with Crippen LogP contribution in [-0.4, -0.2) is 41.9 Å². The molecule has 0 aliphatic carbocycles. The maximum atomic E-state index is 11.9. The molecule has 0 aliphatic rings. The van der Waals surface area contributed by atoms with Gasteiger partial charge in [0.15, 0.2) is 0 Å². The smallest absolute Gasteiger partial charge is 0.240 e. The second-order valence-electron chi connectivity index (χ2n) is 5.74. The molecule has 2 amide bonds. The summed E-state index contributed by atoms with van der Waals surface area (Å²) >= 11 is 0. The first kappa shape index (κ1) is 16.9. The molecule has 18 heavy (non-hydrogen) atoms. The average molecular weight is 257 g/mol. The number of amides is 2. The van der Waals surface area contributed by atoms with E-state index in [9.17, 15) is 9.59 Å². The van der Waals surface area contributed by atoms with Crippen LogP contribution in [0.4, 0.5) is 0 Å². The van der Waals surface area contributed by atoms with Gasteiger partial charge >= 0.3 is 0 Å². The van der Waals surface area contributed by atoms with Crippen molar-refractivity contribution in [3.8, 4) is 0 Å². The molecule has 0 aromatic heterocycles. The Balaban J connectivity index is 4.19. The summed E-state index contributed by atoms with van der Waals surface area (Å²) in [6.45, 7) is 7.81. The number of nitrogens with zero attached hydrogens (tertiary/aromatic N) is 1. The highest BCUT2D eigenvalue weighted by Crippen LogP contribution is 2.02. The summed E-state index contributed by atoms with van der Waals surface area (Å²) in [5.41, 5.74) is 5.50. The summed E-state index contributed by atoms with van der Waals surface area (Å²) in [5.74, 6) is -0.339. The van der Waals surface area contributed by atoms with Crippen LogP contribution in [-0.2, 0) is 9.59 Å². The molecular weight excluding hydrogens is 230 g/mol. The molecule has 0 spiro atoms. The van der Waals surface area contributed by atoms with Crippen LogP contribution < -0.4 is 11.1 Å². The number of nitrogens with two attached hydrogens (primary N) is 1. The van der Waals surface area contributed by atoms with Crippen molar-refractivity contribution in [3.05, 3.63) is 0 Å². The molecule has 0 saturated carbocycles. The van der Waals surface area contributed by atoms with E-state index in [4.69, 9.17) is 5.73 Å². The fourth-order valence-electron chi connectivity index (χ4n) is 1.58. The Morgan fingerprint density at radius 3 is 2.33 bits per heavy atom. The first-order valence-electron chi connectivity index (χ1n) is 6.49. The number of carbonyl (C=O) groups excluding carboxylic acids is 2. The largest absolute Gasteiger partial charge is 0.350 e. The highest BCUT2D eigenvalue weighted by molar-refractivity contribution is 5.87. The fourth-order valence-corrected chi connectivity index (χ4v) is 1.58. The second kappa shape index (κ2) is 7.36. The van der Waals surface area contributed by atoms with Gasteiger partial charge in [0.05, 0.1) is 12.6 Å². The third-order valence-electron chi connectivity index (χ3n) is 2.46. The van der Waals surface area contributed by atoms with Crippen molar-refractivity contribution < 1.29 is 9.59 Å². The van der Waals surface area contributed by atoms with Crippen LogP contribution >= 0.6 is 0 Å². The quantitative estimate of drug-likeness (QED) is 0.741. The lowest BCUT2D eigenvalue weighted by Crippen LogP contribution is -2.49. The number of carbonyl (C=O) groups is 2. The fraction of sp³-hybridized carbons (Fsp3) is 0.846. The van der Waals surface area contributed by atoms with Crippen LogP contribution in [0.15, 0.2) is 0 Å². The van der Waals surface area contributed by atoms with Crippen molar-refractivity contribution in [2.24, 2.45) is 5.73 Å². The maximum Gasteiger partial charge on any atom is 0.240 e. The topological polar surface area (TPSA) is 75.4 Å². The molecule has 5 nitrogen and oxygen atoms in total. The molecule has 1 atom stereocenters. The molecule has 0 radical (unpaired) electrons. The van der Waals surface area contributed by atoms with E-state index < -0.39 is 6.04 Å². The van der Waals surface area contributed by atoms with Crippen LogP contribution in [0.3, 0.4) is 0 Å². The van der Waals surface area contributed by atoms with Crippen molar-refractivity contribution in [1.29, 1.82) is 0 Å². The Morgan fingerprint density at radius 1 is 1.33 bits per heavy atom. The summed E-state index contributed by atoms with van der Waals surface area (Å²) in [4.78, 5) is 24.9. The molecular formula is C13H27N3O2. The van der Waals surface area contributed by atoms with Gasteiger partial charge in [-0.1, -0.05) is 19.8 Å². The van der Waals surface area contributed by atoms with Gasteiger partial charge in [0.25, 0.3) is 0 Å². The third kappa shape index (κ3) is 7.27. The van der Waals surface area contributed by atoms with E-state index in [1.165, 1.54) is 4.90 Å². The van der Waals surface area contributed by atoms with Crippen molar-refractivity contribution >= 4 is 11.8 Å². The molecule has 0 fully saturated rings. The van der Waals surface area contributed by atoms with Gasteiger partial charge < -0.3 is 16.0 Å². The Hall–Kier alpha value is -1.10. The zero-order chi connectivity index (χ0) is 14.3. The molecule has 0 bridgehead atoms. The monoisotopic (exact) mass is 257 g/mol. The van der Waals surface area contributed by atoms with Gasteiger partial charge in [0, 0.05) is 12.6 Å². The van der Waals surface area contributed by atoms with Crippen LogP contribution in [0.1, 0.15) is 47.0 Å². The van der Waals surface area contributed by atoms with Crippen molar-refractivity contribution in [2.75, 3.05) is 13.6 Å². The molecule has 0 aromatic carbocycles. The first-order valence-corrected chi connectivity index (χ1v) is 6.49. The average Bonchev–Trinajstić information content (AvgIpc) is 2.21. The lowest BCUT2D eigenvalue weighted by Gasteiger charge is -2.24. The number of likely N-dealkylation sites (N-methyl/N-ethyl adjacent to an activating group) is 1. The molecule has 3 N–H and O–H groups in total. The second-order valence-corrected chi connectivity index (χ2v) is 5.74. The van der Waals surface area contributed by atoms with Gasteiger partial charge in [0.1, 0.15) is 0 Å². The minimum atomic E-state index is -0.502. The summed E-state index contributed by atoms with van der Waals surface area (Å²) in [6, 6.07) is -0.502. The maximum absolute atomic E-state index is 11.9. The van der Waals surface area contributed by atoms with E-state index in [1.54, 1.807) is 7.05 Å². The van der Waals surface area contributed by atoms with E-state index in [-0.39, 0.29) is 23.9 Å². The van der Waals surface area contributed by atoms with Gasteiger partial charge in [-0.25, -0.2) is 0 Å². The molecule has 0 aromatic rings. The number of nitrogens with one attached hydrogen (secondary N) is 1. The standard InChI is InChI=1S/C13H27N3O2/c1-6-7-8-10(14)12(18)16(5)9-11(17)15-13(2,3)4/h10H,6-9,14H2,1-5H3,(H,15,17)/t10-/m0/s1. The third-order valence-corrected chi connectivity index (χ3v) is 2.46. The van der Waals surface area contributed by atoms with E-state index in [0.717, 1.165) is 12.8 Å². The van der Waals surface area contributed by atoms with Crippen molar-refractivity contribution in [2.45, 2.75) is 58.5 Å². The summed E-state index contributed by atoms with van der Waals surface area (Å²) in [6.07, 6.45) is 2.60. The number of hydrogen-bond acceptors (Lipinski definition) is 3. The normalized spacial score (nSPS) is 13.0. The number of unbranched alkanes of at least 4 members (excludes halogenated alkanes) is 1. The van der Waals surface area contributed by atoms with Gasteiger partial charge in [-0.3, -0.25) is 9.59 Å². The van der Waals surface area contributed by atoms with Crippen molar-refractivity contribution in [1.82, 2.24) is 10.2 Å². The number of rotatable bonds is 6. The minimum Gasteiger partial charge on any atom is -0.350 e. The Labute approximate surface area is 110 Å². The summed E-state index contributed by atoms with van der Waals surface area (Å²) in [5, 5.41) is 2.81. The van der Waals surface area contributed by atoms with E-state index in [0.29, 0.717) is 6.42 Å². The van der Waals surface area contributed by atoms with E-state index in [1.807, 2.05) is 20.8 Å². The van der Waals surface area contributed by atoms with Gasteiger partial charge in [-0.15, -0.1) is 0 Å². The zero-order valence-electron chi connectivity index (χ0n) is 12.2. The van der Waals surface area contributed by atoms with Crippen LogP contribution in [0, 0.1) is 0 Å². The van der Waals surface area contributed by atoms with Gasteiger partial charge in [0.2, 0.25) is 11.8 Å². The molecule has 106 valence electrons. The summed E-state index contributed by atoms with van der Waals surface area (Å²) < 4.78 is 0. The Kier molecular flexibility index (Phi) is 6.91.